The minimum atomic E-state index is -0.468. The number of aryl methyl sites for hydroxylation is 1. The molecule has 0 fully saturated rings. The van der Waals surface area contributed by atoms with E-state index in [1.54, 1.807) is 24.0 Å². The molecule has 0 spiro atoms. The van der Waals surface area contributed by atoms with Crippen LogP contribution in [-0.4, -0.2) is 21.8 Å². The van der Waals surface area contributed by atoms with Crippen molar-refractivity contribution >= 4 is 11.7 Å². The molecule has 92 valence electrons. The fourth-order valence-electron chi connectivity index (χ4n) is 2.02. The number of rotatable bonds is 2. The number of carbonyl (C=O) groups excluding carboxylic acids is 1. The van der Waals surface area contributed by atoms with E-state index in [0.717, 1.165) is 11.3 Å². The van der Waals surface area contributed by atoms with E-state index >= 15 is 0 Å². The maximum atomic E-state index is 12.0. The molecule has 5 nitrogen and oxygen atoms in total. The average Bonchev–Trinajstić information content (AvgIpc) is 2.95. The number of para-hydroxylation sites is 1. The van der Waals surface area contributed by atoms with E-state index in [1.165, 1.54) is 0 Å². The Kier molecular flexibility index (Phi) is 2.51. The summed E-state index contributed by atoms with van der Waals surface area (Å²) < 4.78 is 7.24. The number of amides is 1. The summed E-state index contributed by atoms with van der Waals surface area (Å²) in [6, 6.07) is 9.45. The Balaban J connectivity index is 1.69. The van der Waals surface area contributed by atoms with Gasteiger partial charge in [0.15, 0.2) is 11.9 Å². The minimum absolute atomic E-state index is 0.162. The summed E-state index contributed by atoms with van der Waals surface area (Å²) in [6.45, 7) is 0. The topological polar surface area (TPSA) is 56.2 Å². The number of anilines is 1. The second-order valence-corrected chi connectivity index (χ2v) is 4.28. The van der Waals surface area contributed by atoms with Gasteiger partial charge in [-0.05, 0) is 11.6 Å². The van der Waals surface area contributed by atoms with E-state index in [9.17, 15) is 4.79 Å². The van der Waals surface area contributed by atoms with E-state index in [-0.39, 0.29) is 5.91 Å². The number of nitrogens with one attached hydrogen (secondary N) is 1. The van der Waals surface area contributed by atoms with Crippen molar-refractivity contribution in [3.63, 3.8) is 0 Å². The molecule has 0 radical (unpaired) electrons. The highest BCUT2D eigenvalue weighted by molar-refractivity contribution is 5.94. The van der Waals surface area contributed by atoms with Gasteiger partial charge in [-0.25, -0.2) is 0 Å². The van der Waals surface area contributed by atoms with Gasteiger partial charge in [0.2, 0.25) is 0 Å². The molecule has 1 aliphatic heterocycles. The van der Waals surface area contributed by atoms with Crippen molar-refractivity contribution < 1.29 is 9.53 Å². The van der Waals surface area contributed by atoms with Gasteiger partial charge in [-0.3, -0.25) is 9.48 Å². The van der Waals surface area contributed by atoms with Crippen LogP contribution >= 0.6 is 0 Å². The second kappa shape index (κ2) is 4.18. The zero-order valence-electron chi connectivity index (χ0n) is 9.96. The zero-order valence-corrected chi connectivity index (χ0v) is 9.96. The number of benzene rings is 1. The maximum absolute atomic E-state index is 12.0. The number of hydrogen-bond donors (Lipinski definition) is 1. The van der Waals surface area contributed by atoms with E-state index in [0.29, 0.717) is 12.2 Å². The van der Waals surface area contributed by atoms with Gasteiger partial charge < -0.3 is 10.1 Å². The molecule has 18 heavy (non-hydrogen) atoms. The first-order valence-electron chi connectivity index (χ1n) is 5.77. The predicted octanol–water partition coefficient (Wildman–Crippen LogP) is 1.36. The van der Waals surface area contributed by atoms with Crippen LogP contribution in [0.4, 0.5) is 5.82 Å². The molecule has 2 heterocycles. The predicted molar refractivity (Wildman–Crippen MR) is 66.4 cm³/mol. The van der Waals surface area contributed by atoms with Crippen molar-refractivity contribution in [3.05, 3.63) is 42.1 Å². The van der Waals surface area contributed by atoms with E-state index in [2.05, 4.69) is 10.4 Å². The highest BCUT2D eigenvalue weighted by atomic mass is 16.5. The fraction of sp³-hybridized carbons (Fsp3) is 0.231. The molecule has 1 aromatic carbocycles. The lowest BCUT2D eigenvalue weighted by Crippen LogP contribution is -2.31. The van der Waals surface area contributed by atoms with Gasteiger partial charge in [-0.1, -0.05) is 18.2 Å². The molecule has 0 saturated carbocycles. The minimum Gasteiger partial charge on any atom is -0.480 e. The van der Waals surface area contributed by atoms with Crippen molar-refractivity contribution in [2.45, 2.75) is 12.5 Å². The molecule has 2 aromatic rings. The molecule has 1 aromatic heterocycles. The zero-order chi connectivity index (χ0) is 12.5. The molecule has 0 saturated heterocycles. The Morgan fingerprint density at radius 3 is 3.00 bits per heavy atom. The third kappa shape index (κ3) is 1.95. The van der Waals surface area contributed by atoms with Gasteiger partial charge in [-0.15, -0.1) is 0 Å². The quantitative estimate of drug-likeness (QED) is 0.866. The first-order chi connectivity index (χ1) is 8.72. The van der Waals surface area contributed by atoms with Crippen molar-refractivity contribution in [2.75, 3.05) is 5.32 Å². The Labute approximate surface area is 104 Å². The van der Waals surface area contributed by atoms with Gasteiger partial charge in [0, 0.05) is 25.7 Å². The van der Waals surface area contributed by atoms with Crippen LogP contribution in [0.2, 0.25) is 0 Å². The summed E-state index contributed by atoms with van der Waals surface area (Å²) in [6.07, 6.45) is 1.92. The average molecular weight is 243 g/mol. The maximum Gasteiger partial charge on any atom is 0.266 e. The molecular weight excluding hydrogens is 230 g/mol. The van der Waals surface area contributed by atoms with Crippen LogP contribution in [-0.2, 0) is 18.3 Å². The van der Waals surface area contributed by atoms with Crippen LogP contribution in [0.1, 0.15) is 5.56 Å². The molecule has 1 unspecified atom stereocenters. The molecule has 1 amide bonds. The SMILES string of the molecule is Cn1ccc(NC(=O)C2Cc3ccccc3O2)n1. The van der Waals surface area contributed by atoms with Crippen LogP contribution in [0.5, 0.6) is 5.75 Å². The second-order valence-electron chi connectivity index (χ2n) is 4.28. The number of nitrogens with zero attached hydrogens (tertiary/aromatic N) is 2. The van der Waals surface area contributed by atoms with Crippen LogP contribution in [0, 0.1) is 0 Å². The molecule has 5 heteroatoms. The lowest BCUT2D eigenvalue weighted by atomic mass is 10.1. The normalized spacial score (nSPS) is 17.1. The Bertz CT molecular complexity index is 566. The molecule has 0 aliphatic carbocycles. The van der Waals surface area contributed by atoms with Gasteiger partial charge in [0.1, 0.15) is 5.75 Å². The summed E-state index contributed by atoms with van der Waals surface area (Å²) in [5.74, 6) is 1.17. The third-order valence-electron chi connectivity index (χ3n) is 2.90. The van der Waals surface area contributed by atoms with Gasteiger partial charge in [0.05, 0.1) is 0 Å². The lowest BCUT2D eigenvalue weighted by molar-refractivity contribution is -0.122. The number of fused-ring (bicyclic) bond motifs is 1. The van der Waals surface area contributed by atoms with Crippen LogP contribution in [0.15, 0.2) is 36.5 Å². The van der Waals surface area contributed by atoms with Gasteiger partial charge in [-0.2, -0.15) is 5.10 Å². The standard InChI is InChI=1S/C13H13N3O2/c1-16-7-6-12(15-16)14-13(17)11-8-9-4-2-3-5-10(9)18-11/h2-7,11H,8H2,1H3,(H,14,15,17). The number of ether oxygens (including phenoxy) is 1. The molecule has 3 rings (SSSR count). The van der Waals surface area contributed by atoms with E-state index in [4.69, 9.17) is 4.74 Å². The number of aromatic nitrogens is 2. The monoisotopic (exact) mass is 243 g/mol. The summed E-state index contributed by atoms with van der Waals surface area (Å²) in [7, 11) is 1.80. The Morgan fingerprint density at radius 2 is 2.28 bits per heavy atom. The first-order valence-corrected chi connectivity index (χ1v) is 5.77. The van der Waals surface area contributed by atoms with Crippen molar-refractivity contribution in [1.82, 2.24) is 9.78 Å². The molecular formula is C13H13N3O2. The molecule has 0 bridgehead atoms. The van der Waals surface area contributed by atoms with Crippen molar-refractivity contribution in [3.8, 4) is 5.75 Å². The van der Waals surface area contributed by atoms with Crippen LogP contribution < -0.4 is 10.1 Å². The molecule has 1 aliphatic rings. The van der Waals surface area contributed by atoms with Crippen LogP contribution in [0.3, 0.4) is 0 Å². The van der Waals surface area contributed by atoms with Gasteiger partial charge in [0.25, 0.3) is 5.91 Å². The summed E-state index contributed by atoms with van der Waals surface area (Å²) >= 11 is 0. The smallest absolute Gasteiger partial charge is 0.266 e. The highest BCUT2D eigenvalue weighted by Gasteiger charge is 2.28. The van der Waals surface area contributed by atoms with Crippen molar-refractivity contribution in [2.24, 2.45) is 7.05 Å². The Morgan fingerprint density at radius 1 is 1.44 bits per heavy atom. The number of carbonyl (C=O) groups is 1. The first kappa shape index (κ1) is 10.8. The third-order valence-corrected chi connectivity index (χ3v) is 2.90. The van der Waals surface area contributed by atoms with E-state index < -0.39 is 6.10 Å². The summed E-state index contributed by atoms with van der Waals surface area (Å²) in [5.41, 5.74) is 1.07. The van der Waals surface area contributed by atoms with Crippen LogP contribution in [0.25, 0.3) is 0 Å². The lowest BCUT2D eigenvalue weighted by Gasteiger charge is -2.09. The summed E-state index contributed by atoms with van der Waals surface area (Å²) in [5, 5.41) is 6.84. The molecule has 1 atom stereocenters. The summed E-state index contributed by atoms with van der Waals surface area (Å²) in [4.78, 5) is 12.0. The highest BCUT2D eigenvalue weighted by Crippen LogP contribution is 2.28. The van der Waals surface area contributed by atoms with E-state index in [1.807, 2.05) is 24.3 Å². The fourth-order valence-corrected chi connectivity index (χ4v) is 2.02. The Hall–Kier alpha value is -2.30. The molecule has 1 N–H and O–H groups in total. The largest absolute Gasteiger partial charge is 0.480 e. The van der Waals surface area contributed by atoms with Crippen molar-refractivity contribution in [1.29, 1.82) is 0 Å². The number of hydrogen-bond acceptors (Lipinski definition) is 3. The van der Waals surface area contributed by atoms with Gasteiger partial charge >= 0.3 is 0 Å².